The van der Waals surface area contributed by atoms with Crippen LogP contribution in [0.25, 0.3) is 10.6 Å². The maximum atomic E-state index is 13.0. The van der Waals surface area contributed by atoms with Gasteiger partial charge in [0.1, 0.15) is 21.5 Å². The summed E-state index contributed by atoms with van der Waals surface area (Å²) in [4.78, 5) is 17.5. The van der Waals surface area contributed by atoms with E-state index in [-0.39, 0.29) is 11.7 Å². The van der Waals surface area contributed by atoms with Crippen LogP contribution in [0.2, 0.25) is 0 Å². The lowest BCUT2D eigenvalue weighted by Gasteiger charge is -2.08. The third-order valence-corrected chi connectivity index (χ3v) is 4.65. The second-order valence-corrected chi connectivity index (χ2v) is 6.09. The predicted octanol–water partition coefficient (Wildman–Crippen LogP) is 4.52. The maximum Gasteiger partial charge on any atom is 0.267 e. The van der Waals surface area contributed by atoms with Crippen LogP contribution in [0.3, 0.4) is 0 Å². The highest BCUT2D eigenvalue weighted by molar-refractivity contribution is 7.17. The number of hydrogen-bond acceptors (Lipinski definition) is 4. The van der Waals surface area contributed by atoms with Crippen molar-refractivity contribution >= 4 is 22.9 Å². The summed E-state index contributed by atoms with van der Waals surface area (Å²) in [6, 6.07) is 13.3. The van der Waals surface area contributed by atoms with Crippen molar-refractivity contribution in [2.24, 2.45) is 0 Å². The van der Waals surface area contributed by atoms with Crippen LogP contribution in [0.4, 0.5) is 10.1 Å². The van der Waals surface area contributed by atoms with Gasteiger partial charge < -0.3 is 10.1 Å². The van der Waals surface area contributed by atoms with Gasteiger partial charge in [0.2, 0.25) is 0 Å². The number of methoxy groups -OCH3 is 1. The fourth-order valence-electron chi connectivity index (χ4n) is 2.25. The van der Waals surface area contributed by atoms with Gasteiger partial charge in [-0.3, -0.25) is 4.79 Å². The Balaban J connectivity index is 1.87. The number of halogens is 1. The van der Waals surface area contributed by atoms with E-state index in [0.717, 1.165) is 5.56 Å². The first-order valence-corrected chi connectivity index (χ1v) is 8.08. The summed E-state index contributed by atoms with van der Waals surface area (Å²) in [5, 5.41) is 3.52. The van der Waals surface area contributed by atoms with Crippen LogP contribution in [0.15, 0.2) is 48.5 Å². The van der Waals surface area contributed by atoms with Gasteiger partial charge in [-0.05, 0) is 43.3 Å². The highest BCUT2D eigenvalue weighted by Gasteiger charge is 2.17. The second kappa shape index (κ2) is 6.80. The minimum Gasteiger partial charge on any atom is -0.495 e. The number of ether oxygens (including phenoxy) is 1. The number of amides is 1. The molecule has 0 aliphatic carbocycles. The number of aromatic nitrogens is 1. The third-order valence-electron chi connectivity index (χ3n) is 3.45. The fourth-order valence-corrected chi connectivity index (χ4v) is 3.22. The first-order chi connectivity index (χ1) is 11.6. The van der Waals surface area contributed by atoms with Gasteiger partial charge in [-0.1, -0.05) is 12.1 Å². The zero-order valence-corrected chi connectivity index (χ0v) is 14.0. The summed E-state index contributed by atoms with van der Waals surface area (Å²) in [5.41, 5.74) is 2.01. The molecule has 122 valence electrons. The van der Waals surface area contributed by atoms with Gasteiger partial charge in [0.05, 0.1) is 18.5 Å². The first-order valence-electron chi connectivity index (χ1n) is 7.26. The van der Waals surface area contributed by atoms with Gasteiger partial charge in [0.15, 0.2) is 0 Å². The first kappa shape index (κ1) is 16.1. The van der Waals surface area contributed by atoms with Crippen molar-refractivity contribution < 1.29 is 13.9 Å². The SMILES string of the molecule is COc1ccccc1NC(=O)c1sc(-c2ccc(F)cc2)nc1C. The number of carbonyl (C=O) groups excluding carboxylic acids is 1. The van der Waals surface area contributed by atoms with Crippen molar-refractivity contribution in [3.05, 3.63) is 64.9 Å². The molecule has 0 fully saturated rings. The van der Waals surface area contributed by atoms with Gasteiger partial charge >= 0.3 is 0 Å². The van der Waals surface area contributed by atoms with Crippen molar-refractivity contribution in [2.75, 3.05) is 12.4 Å². The largest absolute Gasteiger partial charge is 0.495 e. The molecule has 1 amide bonds. The summed E-state index contributed by atoms with van der Waals surface area (Å²) in [6.45, 7) is 1.78. The molecular weight excluding hydrogens is 327 g/mol. The second-order valence-electron chi connectivity index (χ2n) is 5.09. The zero-order chi connectivity index (χ0) is 17.1. The number of benzene rings is 2. The number of aryl methyl sites for hydroxylation is 1. The Morgan fingerprint density at radius 2 is 1.88 bits per heavy atom. The number of para-hydroxylation sites is 2. The van der Waals surface area contributed by atoms with E-state index in [1.54, 1.807) is 38.3 Å². The van der Waals surface area contributed by atoms with Crippen LogP contribution >= 0.6 is 11.3 Å². The normalized spacial score (nSPS) is 10.5. The smallest absolute Gasteiger partial charge is 0.267 e. The van der Waals surface area contributed by atoms with Gasteiger partial charge in [0.25, 0.3) is 5.91 Å². The molecule has 0 radical (unpaired) electrons. The minimum atomic E-state index is -0.304. The Morgan fingerprint density at radius 3 is 2.58 bits per heavy atom. The number of anilines is 1. The number of thiazole rings is 1. The van der Waals surface area contributed by atoms with Crippen molar-refractivity contribution in [1.29, 1.82) is 0 Å². The highest BCUT2D eigenvalue weighted by Crippen LogP contribution is 2.30. The van der Waals surface area contributed by atoms with Gasteiger partial charge in [-0.2, -0.15) is 0 Å². The van der Waals surface area contributed by atoms with Crippen LogP contribution in [-0.4, -0.2) is 18.0 Å². The molecule has 0 unspecified atom stereocenters. The molecule has 0 aliphatic heterocycles. The van der Waals surface area contributed by atoms with E-state index in [2.05, 4.69) is 10.3 Å². The van der Waals surface area contributed by atoms with Crippen LogP contribution < -0.4 is 10.1 Å². The van der Waals surface area contributed by atoms with Crippen molar-refractivity contribution in [2.45, 2.75) is 6.92 Å². The molecule has 1 heterocycles. The van der Waals surface area contributed by atoms with E-state index in [1.807, 2.05) is 12.1 Å². The Labute approximate surface area is 142 Å². The number of carbonyl (C=O) groups is 1. The molecule has 0 aliphatic rings. The van der Waals surface area contributed by atoms with E-state index in [4.69, 9.17) is 4.74 Å². The van der Waals surface area contributed by atoms with Gasteiger partial charge in [0, 0.05) is 5.56 Å². The average Bonchev–Trinajstić information content (AvgIpc) is 2.98. The quantitative estimate of drug-likeness (QED) is 0.758. The molecular formula is C18H15FN2O2S. The van der Waals surface area contributed by atoms with E-state index < -0.39 is 0 Å². The topological polar surface area (TPSA) is 51.2 Å². The summed E-state index contributed by atoms with van der Waals surface area (Å²) >= 11 is 1.27. The lowest BCUT2D eigenvalue weighted by molar-refractivity contribution is 0.102. The number of hydrogen-bond donors (Lipinski definition) is 1. The molecule has 2 aromatic carbocycles. The van der Waals surface area contributed by atoms with E-state index in [1.165, 1.54) is 23.5 Å². The molecule has 1 N–H and O–H groups in total. The molecule has 1 aromatic heterocycles. The molecule has 24 heavy (non-hydrogen) atoms. The molecule has 6 heteroatoms. The average molecular weight is 342 g/mol. The summed E-state index contributed by atoms with van der Waals surface area (Å²) in [7, 11) is 1.55. The van der Waals surface area contributed by atoms with E-state index >= 15 is 0 Å². The Hall–Kier alpha value is -2.73. The van der Waals surface area contributed by atoms with Crippen molar-refractivity contribution in [3.8, 4) is 16.3 Å². The number of rotatable bonds is 4. The Morgan fingerprint density at radius 1 is 1.17 bits per heavy atom. The van der Waals surface area contributed by atoms with Crippen LogP contribution in [0.1, 0.15) is 15.4 Å². The summed E-state index contributed by atoms with van der Waals surface area (Å²) < 4.78 is 18.3. The lowest BCUT2D eigenvalue weighted by Crippen LogP contribution is -2.12. The van der Waals surface area contributed by atoms with E-state index in [9.17, 15) is 9.18 Å². The molecule has 0 spiro atoms. The Kier molecular flexibility index (Phi) is 4.57. The third kappa shape index (κ3) is 3.28. The maximum absolute atomic E-state index is 13.0. The standard InChI is InChI=1S/C18H15FN2O2S/c1-11-16(17(22)21-14-5-3-4-6-15(14)23-2)24-18(20-11)12-7-9-13(19)10-8-12/h3-10H,1-2H3,(H,21,22). The van der Waals surface area contributed by atoms with Crippen molar-refractivity contribution in [1.82, 2.24) is 4.98 Å². The number of nitrogens with one attached hydrogen (secondary N) is 1. The fraction of sp³-hybridized carbons (Fsp3) is 0.111. The summed E-state index contributed by atoms with van der Waals surface area (Å²) in [5.74, 6) is 0.0378. The Bertz CT molecular complexity index is 875. The van der Waals surface area contributed by atoms with Gasteiger partial charge in [-0.25, -0.2) is 9.37 Å². The molecule has 0 saturated heterocycles. The molecule has 0 atom stereocenters. The zero-order valence-electron chi connectivity index (χ0n) is 13.2. The number of nitrogens with zero attached hydrogens (tertiary/aromatic N) is 1. The molecule has 0 bridgehead atoms. The predicted molar refractivity (Wildman–Crippen MR) is 93.2 cm³/mol. The van der Waals surface area contributed by atoms with E-state index in [0.29, 0.717) is 27.0 Å². The minimum absolute atomic E-state index is 0.247. The molecule has 3 aromatic rings. The molecule has 0 saturated carbocycles. The van der Waals surface area contributed by atoms with Gasteiger partial charge in [-0.15, -0.1) is 11.3 Å². The van der Waals surface area contributed by atoms with Crippen LogP contribution in [0, 0.1) is 12.7 Å². The van der Waals surface area contributed by atoms with Crippen LogP contribution in [-0.2, 0) is 0 Å². The highest BCUT2D eigenvalue weighted by atomic mass is 32.1. The van der Waals surface area contributed by atoms with Crippen molar-refractivity contribution in [3.63, 3.8) is 0 Å². The molecule has 4 nitrogen and oxygen atoms in total. The van der Waals surface area contributed by atoms with Crippen LogP contribution in [0.5, 0.6) is 5.75 Å². The lowest BCUT2D eigenvalue weighted by atomic mass is 10.2. The molecule has 3 rings (SSSR count). The monoisotopic (exact) mass is 342 g/mol. The summed E-state index contributed by atoms with van der Waals surface area (Å²) in [6.07, 6.45) is 0.